The predicted molar refractivity (Wildman–Crippen MR) is 164 cm³/mol. The molecule has 0 saturated carbocycles. The van der Waals surface area contributed by atoms with Crippen molar-refractivity contribution >= 4 is 28.9 Å². The molecule has 0 radical (unpaired) electrons. The fourth-order valence-electron chi connectivity index (χ4n) is 4.79. The molecule has 222 valence electrons. The Hall–Kier alpha value is -1.58. The van der Waals surface area contributed by atoms with Gasteiger partial charge in [0.2, 0.25) is 0 Å². The van der Waals surface area contributed by atoms with Gasteiger partial charge in [0.15, 0.2) is 0 Å². The van der Waals surface area contributed by atoms with Crippen molar-refractivity contribution in [1.29, 1.82) is 0 Å². The number of hydrogen-bond donors (Lipinski definition) is 2. The van der Waals surface area contributed by atoms with Crippen molar-refractivity contribution in [2.45, 2.75) is 103 Å². The van der Waals surface area contributed by atoms with Gasteiger partial charge >= 0.3 is 5.97 Å². The molecule has 1 saturated heterocycles. The van der Waals surface area contributed by atoms with Crippen molar-refractivity contribution < 1.29 is 19.4 Å². The van der Waals surface area contributed by atoms with Gasteiger partial charge in [0.25, 0.3) is 0 Å². The summed E-state index contributed by atoms with van der Waals surface area (Å²) in [5.41, 5.74) is 5.35. The summed E-state index contributed by atoms with van der Waals surface area (Å²) >= 11 is 5.65. The number of ether oxygens (including phenoxy) is 2. The number of nitrogens with one attached hydrogen (secondary N) is 1. The van der Waals surface area contributed by atoms with E-state index in [1.54, 1.807) is 0 Å². The van der Waals surface area contributed by atoms with Gasteiger partial charge in [-0.2, -0.15) is 0 Å². The Labute approximate surface area is 242 Å². The van der Waals surface area contributed by atoms with E-state index >= 15 is 0 Å². The zero-order chi connectivity index (χ0) is 28.5. The van der Waals surface area contributed by atoms with Gasteiger partial charge in [-0.1, -0.05) is 84.1 Å². The quantitative estimate of drug-likeness (QED) is 0.0950. The van der Waals surface area contributed by atoms with E-state index < -0.39 is 0 Å². The molecular weight excluding hydrogens is 510 g/mol. The molecule has 39 heavy (non-hydrogen) atoms. The number of esters is 1. The lowest BCUT2D eigenvalue weighted by atomic mass is 9.77. The van der Waals surface area contributed by atoms with Gasteiger partial charge < -0.3 is 14.6 Å². The number of carbonyl (C=O) groups excluding carboxylic acids is 1. The number of hydrazine groups is 1. The molecule has 2 rings (SSSR count). The molecular formula is C31H53N3O4S. The van der Waals surface area contributed by atoms with Crippen LogP contribution in [0, 0.1) is 0 Å². The molecule has 1 heterocycles. The Morgan fingerprint density at radius 1 is 1.10 bits per heavy atom. The standard InChI is InChI=1S/C31H53N3O4S/c1-5-7-10-13-28(35)31(3,4)26-15-17-27(18-16-26)34(29(39)6-2)32-19-12-9-8-11-14-30(36)38-25-22-33-20-23-37-24-21-33/h15-18,28,32,35H,5-14,19-25H2,1-4H3. The van der Waals surface area contributed by atoms with Crippen LogP contribution in [0.4, 0.5) is 5.69 Å². The Morgan fingerprint density at radius 2 is 1.79 bits per heavy atom. The number of aliphatic hydroxyl groups excluding tert-OH is 1. The first-order valence-electron chi connectivity index (χ1n) is 15.1. The van der Waals surface area contributed by atoms with E-state index in [4.69, 9.17) is 21.7 Å². The van der Waals surface area contributed by atoms with Crippen LogP contribution in [-0.4, -0.2) is 73.1 Å². The molecule has 1 aromatic rings. The van der Waals surface area contributed by atoms with Crippen molar-refractivity contribution in [1.82, 2.24) is 10.3 Å². The SMILES string of the molecule is CCCCCC(O)C(C)(C)c1ccc(N(NCCCCCCC(=O)OCCN2CCOCC2)C(=S)CC)cc1. The number of carbonyl (C=O) groups is 1. The van der Waals surface area contributed by atoms with E-state index in [0.29, 0.717) is 13.0 Å². The van der Waals surface area contributed by atoms with Crippen molar-refractivity contribution in [3.05, 3.63) is 29.8 Å². The van der Waals surface area contributed by atoms with Crippen molar-refractivity contribution in [2.24, 2.45) is 0 Å². The fraction of sp³-hybridized carbons (Fsp3) is 0.742. The van der Waals surface area contributed by atoms with Gasteiger partial charge in [0.1, 0.15) is 6.61 Å². The average Bonchev–Trinajstić information content (AvgIpc) is 2.95. The van der Waals surface area contributed by atoms with Crippen molar-refractivity contribution in [2.75, 3.05) is 51.0 Å². The highest BCUT2D eigenvalue weighted by molar-refractivity contribution is 7.80. The van der Waals surface area contributed by atoms with E-state index in [1.807, 2.05) is 5.01 Å². The molecule has 0 amide bonds. The molecule has 0 aliphatic carbocycles. The molecule has 0 spiro atoms. The molecule has 1 aliphatic heterocycles. The number of anilines is 1. The topological polar surface area (TPSA) is 74.3 Å². The van der Waals surface area contributed by atoms with Crippen LogP contribution in [-0.2, 0) is 19.7 Å². The lowest BCUT2D eigenvalue weighted by Gasteiger charge is -2.32. The zero-order valence-electron chi connectivity index (χ0n) is 24.9. The number of rotatable bonds is 19. The molecule has 8 heteroatoms. The maximum absolute atomic E-state index is 12.0. The van der Waals surface area contributed by atoms with E-state index in [0.717, 1.165) is 113 Å². The third kappa shape index (κ3) is 12.2. The Balaban J connectivity index is 1.70. The summed E-state index contributed by atoms with van der Waals surface area (Å²) in [5.74, 6) is -0.0963. The summed E-state index contributed by atoms with van der Waals surface area (Å²) in [5, 5.41) is 12.8. The highest BCUT2D eigenvalue weighted by atomic mass is 32.1. The molecule has 2 N–H and O–H groups in total. The van der Waals surface area contributed by atoms with Crippen LogP contribution in [0.25, 0.3) is 0 Å². The Morgan fingerprint density at radius 3 is 2.46 bits per heavy atom. The van der Waals surface area contributed by atoms with Gasteiger partial charge in [-0.05, 0) is 43.4 Å². The minimum Gasteiger partial charge on any atom is -0.464 e. The van der Waals surface area contributed by atoms with Crippen molar-refractivity contribution in [3.63, 3.8) is 0 Å². The third-order valence-corrected chi connectivity index (χ3v) is 8.16. The normalized spacial score (nSPS) is 15.2. The zero-order valence-corrected chi connectivity index (χ0v) is 25.7. The molecule has 1 unspecified atom stereocenters. The van der Waals surface area contributed by atoms with Gasteiger partial charge in [-0.25, -0.2) is 5.43 Å². The second-order valence-electron chi connectivity index (χ2n) is 11.1. The molecule has 1 aromatic carbocycles. The summed E-state index contributed by atoms with van der Waals surface area (Å²) in [7, 11) is 0. The van der Waals surface area contributed by atoms with Gasteiger partial charge in [-0.15, -0.1) is 0 Å². The lowest BCUT2D eigenvalue weighted by molar-refractivity contribution is -0.144. The smallest absolute Gasteiger partial charge is 0.305 e. The Kier molecular flexibility index (Phi) is 16.1. The largest absolute Gasteiger partial charge is 0.464 e. The van der Waals surface area contributed by atoms with Crippen LogP contribution in [0.15, 0.2) is 24.3 Å². The maximum atomic E-state index is 12.0. The first-order chi connectivity index (χ1) is 18.8. The number of hydrogen-bond acceptors (Lipinski definition) is 7. The van der Waals surface area contributed by atoms with E-state index in [9.17, 15) is 9.90 Å². The number of nitrogens with zero attached hydrogens (tertiary/aromatic N) is 2. The van der Waals surface area contributed by atoms with Gasteiger partial charge in [0.05, 0.1) is 30.0 Å². The lowest BCUT2D eigenvalue weighted by Crippen LogP contribution is -2.42. The fourth-order valence-corrected chi connectivity index (χ4v) is 4.96. The number of aliphatic hydroxyl groups is 1. The summed E-state index contributed by atoms with van der Waals surface area (Å²) in [6.45, 7) is 13.9. The number of thiocarbonyl (C=S) groups is 1. The highest BCUT2D eigenvalue weighted by Gasteiger charge is 2.29. The van der Waals surface area contributed by atoms with Gasteiger partial charge in [0, 0.05) is 38.0 Å². The monoisotopic (exact) mass is 563 g/mol. The van der Waals surface area contributed by atoms with E-state index in [-0.39, 0.29) is 17.5 Å². The minimum atomic E-state index is -0.363. The second kappa shape index (κ2) is 18.7. The first kappa shape index (κ1) is 33.6. The third-order valence-electron chi connectivity index (χ3n) is 7.69. The number of unbranched alkanes of at least 4 members (excludes halogenated alkanes) is 5. The van der Waals surface area contributed by atoms with Crippen LogP contribution in [0.5, 0.6) is 0 Å². The van der Waals surface area contributed by atoms with E-state index in [2.05, 4.69) is 62.3 Å². The predicted octanol–water partition coefficient (Wildman–Crippen LogP) is 5.78. The number of morpholine rings is 1. The average molecular weight is 564 g/mol. The van der Waals surface area contributed by atoms with E-state index in [1.165, 1.54) is 0 Å². The van der Waals surface area contributed by atoms with Crippen LogP contribution in [0.2, 0.25) is 0 Å². The summed E-state index contributed by atoms with van der Waals surface area (Å²) in [6.07, 6.45) is 9.01. The van der Waals surface area contributed by atoms with Gasteiger partial charge in [-0.3, -0.25) is 14.7 Å². The summed E-state index contributed by atoms with van der Waals surface area (Å²) < 4.78 is 10.7. The van der Waals surface area contributed by atoms with Crippen LogP contribution >= 0.6 is 12.2 Å². The van der Waals surface area contributed by atoms with Crippen molar-refractivity contribution in [3.8, 4) is 0 Å². The molecule has 1 aliphatic rings. The van der Waals surface area contributed by atoms with Crippen LogP contribution in [0.1, 0.15) is 97.5 Å². The first-order valence-corrected chi connectivity index (χ1v) is 15.5. The maximum Gasteiger partial charge on any atom is 0.305 e. The molecule has 1 fully saturated rings. The summed E-state index contributed by atoms with van der Waals surface area (Å²) in [4.78, 5) is 15.1. The number of benzene rings is 1. The molecule has 7 nitrogen and oxygen atoms in total. The van der Waals surface area contributed by atoms with Crippen LogP contribution in [0.3, 0.4) is 0 Å². The minimum absolute atomic E-state index is 0.0963. The van der Waals surface area contributed by atoms with Crippen LogP contribution < -0.4 is 10.4 Å². The highest BCUT2D eigenvalue weighted by Crippen LogP contribution is 2.31. The second-order valence-corrected chi connectivity index (χ2v) is 11.6. The Bertz CT molecular complexity index is 828. The molecule has 0 aromatic heterocycles. The molecule has 1 atom stereocenters. The summed E-state index contributed by atoms with van der Waals surface area (Å²) in [6, 6.07) is 8.42. The molecule has 0 bridgehead atoms.